The van der Waals surface area contributed by atoms with Gasteiger partial charge in [-0.25, -0.2) is 4.98 Å². The highest BCUT2D eigenvalue weighted by atomic mass is 32.1. The summed E-state index contributed by atoms with van der Waals surface area (Å²) in [4.78, 5) is 16.1. The van der Waals surface area contributed by atoms with Crippen molar-refractivity contribution >= 4 is 23.1 Å². The Morgan fingerprint density at radius 3 is 2.58 bits per heavy atom. The lowest BCUT2D eigenvalue weighted by atomic mass is 9.89. The van der Waals surface area contributed by atoms with Crippen LogP contribution in [0.2, 0.25) is 0 Å². The highest BCUT2D eigenvalue weighted by molar-refractivity contribution is 7.15. The molecular formula is C17H14N2O4S. The second kappa shape index (κ2) is 5.55. The van der Waals surface area contributed by atoms with Crippen LogP contribution in [-0.2, 0) is 4.79 Å². The molecule has 1 aromatic carbocycles. The molecule has 0 spiro atoms. The third-order valence-electron chi connectivity index (χ3n) is 3.89. The molecule has 0 bridgehead atoms. The number of aliphatic hydroxyl groups excluding tert-OH is 2. The van der Waals surface area contributed by atoms with E-state index in [1.54, 1.807) is 24.3 Å². The number of benzene rings is 1. The third kappa shape index (κ3) is 2.34. The molecule has 2 unspecified atom stereocenters. The number of hydrogen-bond donors (Lipinski definition) is 3. The Morgan fingerprint density at radius 1 is 1.17 bits per heavy atom. The largest absolute Gasteiger partial charge is 0.438 e. The molecule has 0 saturated heterocycles. The maximum atomic E-state index is 11.1. The molecule has 7 heteroatoms. The second-order valence-corrected chi connectivity index (χ2v) is 6.58. The van der Waals surface area contributed by atoms with Gasteiger partial charge in [0.2, 0.25) is 5.91 Å². The lowest BCUT2D eigenvalue weighted by Crippen LogP contribution is -2.16. The molecule has 1 aliphatic carbocycles. The molecule has 1 aliphatic rings. The van der Waals surface area contributed by atoms with E-state index >= 15 is 0 Å². The van der Waals surface area contributed by atoms with Gasteiger partial charge in [-0.05, 0) is 17.2 Å². The van der Waals surface area contributed by atoms with Crippen molar-refractivity contribution in [3.05, 3.63) is 58.1 Å². The first-order chi connectivity index (χ1) is 11.5. The van der Waals surface area contributed by atoms with E-state index < -0.39 is 12.2 Å². The van der Waals surface area contributed by atoms with E-state index in [-0.39, 0.29) is 5.91 Å². The Hall–Kier alpha value is -2.48. The highest BCUT2D eigenvalue weighted by Gasteiger charge is 2.34. The van der Waals surface area contributed by atoms with E-state index in [2.05, 4.69) is 10.3 Å². The molecule has 122 valence electrons. The number of thiazole rings is 1. The number of anilines is 1. The van der Waals surface area contributed by atoms with Crippen molar-refractivity contribution in [1.82, 2.24) is 4.98 Å². The quantitative estimate of drug-likeness (QED) is 0.665. The summed E-state index contributed by atoms with van der Waals surface area (Å²) in [7, 11) is 0. The van der Waals surface area contributed by atoms with E-state index in [0.717, 1.165) is 0 Å². The van der Waals surface area contributed by atoms with Crippen molar-refractivity contribution in [2.45, 2.75) is 19.1 Å². The van der Waals surface area contributed by atoms with Gasteiger partial charge >= 0.3 is 0 Å². The number of amides is 1. The van der Waals surface area contributed by atoms with Crippen molar-refractivity contribution < 1.29 is 19.4 Å². The van der Waals surface area contributed by atoms with Gasteiger partial charge in [-0.2, -0.15) is 0 Å². The Kier molecular flexibility index (Phi) is 3.49. The Bertz CT molecular complexity index is 884. The van der Waals surface area contributed by atoms with Crippen LogP contribution in [0.5, 0.6) is 0 Å². The number of carbonyl (C=O) groups is 1. The average molecular weight is 342 g/mol. The van der Waals surface area contributed by atoms with Crippen LogP contribution in [0, 0.1) is 0 Å². The smallest absolute Gasteiger partial charge is 0.223 e. The van der Waals surface area contributed by atoms with Crippen LogP contribution >= 0.6 is 11.3 Å². The first-order valence-corrected chi connectivity index (χ1v) is 8.19. The minimum atomic E-state index is -0.880. The van der Waals surface area contributed by atoms with Gasteiger partial charge in [-0.15, -0.1) is 11.3 Å². The van der Waals surface area contributed by atoms with Gasteiger partial charge in [0, 0.05) is 13.0 Å². The summed E-state index contributed by atoms with van der Waals surface area (Å²) in [5.41, 5.74) is 1.79. The number of furan rings is 1. The Balaban J connectivity index is 1.74. The van der Waals surface area contributed by atoms with Crippen molar-refractivity contribution in [3.63, 3.8) is 0 Å². The standard InChI is InChI=1S/C17H14N2O4S/c1-8(20)18-12-7-6-11(23-12)17-19-13-14(21)9-4-2-3-5-10(9)15(22)16(13)24-17/h2-7,14-15,21-22H,1H3,(H,18,20). The van der Waals surface area contributed by atoms with Crippen LogP contribution < -0.4 is 5.32 Å². The van der Waals surface area contributed by atoms with Crippen molar-refractivity contribution in [1.29, 1.82) is 0 Å². The third-order valence-corrected chi connectivity index (χ3v) is 5.03. The maximum absolute atomic E-state index is 11.1. The Labute approximate surface area is 141 Å². The number of fused-ring (bicyclic) bond motifs is 2. The molecule has 0 saturated carbocycles. The summed E-state index contributed by atoms with van der Waals surface area (Å²) in [6.45, 7) is 1.40. The summed E-state index contributed by atoms with van der Waals surface area (Å²) in [5, 5.41) is 24.3. The summed E-state index contributed by atoms with van der Waals surface area (Å²) < 4.78 is 5.56. The molecule has 1 amide bonds. The molecule has 2 atom stereocenters. The number of nitrogens with zero attached hydrogens (tertiary/aromatic N) is 1. The molecule has 4 rings (SSSR count). The number of aliphatic hydroxyl groups is 2. The number of carbonyl (C=O) groups excluding carboxylic acids is 1. The highest BCUT2D eigenvalue weighted by Crippen LogP contribution is 2.45. The van der Waals surface area contributed by atoms with Gasteiger partial charge in [0.15, 0.2) is 16.7 Å². The monoisotopic (exact) mass is 342 g/mol. The van der Waals surface area contributed by atoms with Crippen molar-refractivity contribution in [3.8, 4) is 10.8 Å². The molecule has 0 aliphatic heterocycles. The van der Waals surface area contributed by atoms with Crippen LogP contribution in [0.15, 0.2) is 40.8 Å². The zero-order valence-corrected chi connectivity index (χ0v) is 13.5. The predicted octanol–water partition coefficient (Wildman–Crippen LogP) is 2.84. The lowest BCUT2D eigenvalue weighted by Gasteiger charge is -2.24. The molecule has 3 aromatic rings. The van der Waals surface area contributed by atoms with Crippen LogP contribution in [-0.4, -0.2) is 21.1 Å². The second-order valence-electron chi connectivity index (χ2n) is 5.55. The molecule has 3 N–H and O–H groups in total. The van der Waals surface area contributed by atoms with E-state index in [1.807, 2.05) is 12.1 Å². The minimum absolute atomic E-state index is 0.226. The molecule has 2 aromatic heterocycles. The topological polar surface area (TPSA) is 95.6 Å². The normalized spacial score (nSPS) is 18.8. The van der Waals surface area contributed by atoms with Crippen LogP contribution in [0.4, 0.5) is 5.88 Å². The first-order valence-electron chi connectivity index (χ1n) is 7.38. The fraction of sp³-hybridized carbons (Fsp3) is 0.176. The summed E-state index contributed by atoms with van der Waals surface area (Å²) in [5.74, 6) is 0.576. The summed E-state index contributed by atoms with van der Waals surface area (Å²) in [6, 6.07) is 10.6. The van der Waals surface area contributed by atoms with E-state index in [0.29, 0.717) is 38.4 Å². The number of nitrogens with one attached hydrogen (secondary N) is 1. The number of rotatable bonds is 2. The van der Waals surface area contributed by atoms with Gasteiger partial charge in [0.25, 0.3) is 0 Å². The SMILES string of the molecule is CC(=O)Nc1ccc(-c2nc3c(s2)C(O)c2ccccc2C3O)o1. The lowest BCUT2D eigenvalue weighted by molar-refractivity contribution is -0.114. The van der Waals surface area contributed by atoms with Crippen molar-refractivity contribution in [2.24, 2.45) is 0 Å². The zero-order chi connectivity index (χ0) is 16.8. The molecule has 24 heavy (non-hydrogen) atoms. The first kappa shape index (κ1) is 15.1. The van der Waals surface area contributed by atoms with Crippen LogP contribution in [0.25, 0.3) is 10.8 Å². The molecule has 2 heterocycles. The predicted molar refractivity (Wildman–Crippen MR) is 88.7 cm³/mol. The van der Waals surface area contributed by atoms with Gasteiger partial charge in [0.05, 0.1) is 10.6 Å². The number of hydrogen-bond acceptors (Lipinski definition) is 6. The average Bonchev–Trinajstić information content (AvgIpc) is 3.19. The molecule has 0 fully saturated rings. The molecule has 6 nitrogen and oxygen atoms in total. The fourth-order valence-corrected chi connectivity index (χ4v) is 3.89. The van der Waals surface area contributed by atoms with Gasteiger partial charge in [0.1, 0.15) is 12.2 Å². The summed E-state index contributed by atoms with van der Waals surface area (Å²) >= 11 is 1.27. The fourth-order valence-electron chi connectivity index (χ4n) is 2.83. The minimum Gasteiger partial charge on any atom is -0.438 e. The van der Waals surface area contributed by atoms with E-state index in [1.165, 1.54) is 18.3 Å². The van der Waals surface area contributed by atoms with Gasteiger partial charge in [-0.3, -0.25) is 10.1 Å². The van der Waals surface area contributed by atoms with E-state index in [4.69, 9.17) is 4.42 Å². The van der Waals surface area contributed by atoms with E-state index in [9.17, 15) is 15.0 Å². The summed E-state index contributed by atoms with van der Waals surface area (Å²) in [6.07, 6.45) is -1.70. The van der Waals surface area contributed by atoms with Gasteiger partial charge < -0.3 is 14.6 Å². The Morgan fingerprint density at radius 2 is 1.88 bits per heavy atom. The van der Waals surface area contributed by atoms with Crippen LogP contribution in [0.3, 0.4) is 0 Å². The van der Waals surface area contributed by atoms with Crippen LogP contribution in [0.1, 0.15) is 40.8 Å². The molecule has 0 radical (unpaired) electrons. The number of aromatic nitrogens is 1. The maximum Gasteiger partial charge on any atom is 0.223 e. The van der Waals surface area contributed by atoms with Gasteiger partial charge in [-0.1, -0.05) is 24.3 Å². The van der Waals surface area contributed by atoms with Crippen molar-refractivity contribution in [2.75, 3.05) is 5.32 Å². The zero-order valence-electron chi connectivity index (χ0n) is 12.7. The molecular weight excluding hydrogens is 328 g/mol.